The van der Waals surface area contributed by atoms with Gasteiger partial charge in [0.2, 0.25) is 0 Å². The molecule has 2 aromatic carbocycles. The second-order valence-corrected chi connectivity index (χ2v) is 7.94. The maximum atomic E-state index is 5.59. The van der Waals surface area contributed by atoms with Crippen LogP contribution in [0.4, 0.5) is 5.69 Å². The quantitative estimate of drug-likeness (QED) is 0.641. The van der Waals surface area contributed by atoms with Gasteiger partial charge in [-0.25, -0.2) is 4.98 Å². The zero-order valence-corrected chi connectivity index (χ0v) is 16.0. The molecule has 0 spiro atoms. The molecular formula is C20H21N3OS2. The highest BCUT2D eigenvalue weighted by Crippen LogP contribution is 2.24. The number of ether oxygens (including phenoxy) is 1. The summed E-state index contributed by atoms with van der Waals surface area (Å²) in [5.74, 6) is 0. The van der Waals surface area contributed by atoms with Gasteiger partial charge in [-0.2, -0.15) is 0 Å². The average Bonchev–Trinajstić information content (AvgIpc) is 3.30. The van der Waals surface area contributed by atoms with Crippen LogP contribution in [0.2, 0.25) is 0 Å². The van der Waals surface area contributed by atoms with Crippen molar-refractivity contribution in [2.75, 3.05) is 18.5 Å². The molecule has 0 saturated carbocycles. The minimum absolute atomic E-state index is 0.283. The number of aromatic nitrogens is 1. The minimum atomic E-state index is 0.283. The van der Waals surface area contributed by atoms with Gasteiger partial charge in [-0.15, -0.1) is 11.3 Å². The van der Waals surface area contributed by atoms with Crippen molar-refractivity contribution in [2.45, 2.75) is 25.4 Å². The summed E-state index contributed by atoms with van der Waals surface area (Å²) in [5, 5.41) is 8.24. The number of benzene rings is 2. The standard InChI is InChI=1S/C20H21N3OS2/c25-20(21-13-16-4-3-11-24-16)22-15-9-7-14(8-10-15)12-19-23-17-5-1-2-6-18(17)26-19/h1-2,5-10,16H,3-4,11-13H2,(H2,21,22,25). The highest BCUT2D eigenvalue weighted by molar-refractivity contribution is 7.80. The molecule has 0 radical (unpaired) electrons. The number of nitrogens with zero attached hydrogens (tertiary/aromatic N) is 1. The Morgan fingerprint density at radius 2 is 2.04 bits per heavy atom. The molecule has 0 bridgehead atoms. The number of rotatable bonds is 5. The van der Waals surface area contributed by atoms with Crippen LogP contribution in [-0.4, -0.2) is 29.4 Å². The molecule has 0 amide bonds. The fourth-order valence-electron chi connectivity index (χ4n) is 3.06. The van der Waals surface area contributed by atoms with E-state index in [2.05, 4.69) is 53.1 Å². The molecule has 134 valence electrons. The maximum Gasteiger partial charge on any atom is 0.170 e. The molecular weight excluding hydrogens is 362 g/mol. The molecule has 3 aromatic rings. The summed E-state index contributed by atoms with van der Waals surface area (Å²) in [7, 11) is 0. The molecule has 1 aliphatic rings. The lowest BCUT2D eigenvalue weighted by molar-refractivity contribution is 0.114. The van der Waals surface area contributed by atoms with Crippen LogP contribution in [0.1, 0.15) is 23.4 Å². The molecule has 1 fully saturated rings. The molecule has 26 heavy (non-hydrogen) atoms. The summed E-state index contributed by atoms with van der Waals surface area (Å²) in [6.07, 6.45) is 3.38. The topological polar surface area (TPSA) is 46.2 Å². The van der Waals surface area contributed by atoms with Crippen molar-refractivity contribution in [3.8, 4) is 0 Å². The van der Waals surface area contributed by atoms with E-state index in [1.54, 1.807) is 11.3 Å². The predicted molar refractivity (Wildman–Crippen MR) is 112 cm³/mol. The molecule has 1 aromatic heterocycles. The first-order chi connectivity index (χ1) is 12.8. The lowest BCUT2D eigenvalue weighted by Crippen LogP contribution is -2.34. The summed E-state index contributed by atoms with van der Waals surface area (Å²) in [4.78, 5) is 4.70. The van der Waals surface area contributed by atoms with Crippen LogP contribution in [-0.2, 0) is 11.2 Å². The fraction of sp³-hybridized carbons (Fsp3) is 0.300. The van der Waals surface area contributed by atoms with Gasteiger partial charge in [-0.1, -0.05) is 24.3 Å². The first-order valence-electron chi connectivity index (χ1n) is 8.86. The Hall–Kier alpha value is -2.02. The van der Waals surface area contributed by atoms with E-state index in [9.17, 15) is 0 Å². The van der Waals surface area contributed by atoms with E-state index in [1.165, 1.54) is 10.3 Å². The summed E-state index contributed by atoms with van der Waals surface area (Å²) < 4.78 is 6.83. The average molecular weight is 384 g/mol. The third-order valence-electron chi connectivity index (χ3n) is 4.42. The van der Waals surface area contributed by atoms with E-state index in [-0.39, 0.29) is 6.10 Å². The second kappa shape index (κ2) is 8.12. The van der Waals surface area contributed by atoms with Crippen molar-refractivity contribution >= 4 is 44.6 Å². The van der Waals surface area contributed by atoms with Gasteiger partial charge in [0.1, 0.15) is 0 Å². The zero-order chi connectivity index (χ0) is 17.8. The van der Waals surface area contributed by atoms with E-state index >= 15 is 0 Å². The number of nitrogens with one attached hydrogen (secondary N) is 2. The van der Waals surface area contributed by atoms with Gasteiger partial charge in [-0.05, 0) is 54.9 Å². The normalized spacial score (nSPS) is 16.7. The van der Waals surface area contributed by atoms with Crippen LogP contribution in [0.5, 0.6) is 0 Å². The molecule has 1 saturated heterocycles. The van der Waals surface area contributed by atoms with Crippen LogP contribution < -0.4 is 10.6 Å². The van der Waals surface area contributed by atoms with Gasteiger partial charge < -0.3 is 15.4 Å². The number of para-hydroxylation sites is 1. The highest BCUT2D eigenvalue weighted by atomic mass is 32.1. The van der Waals surface area contributed by atoms with E-state index in [1.807, 2.05) is 6.07 Å². The second-order valence-electron chi connectivity index (χ2n) is 6.42. The fourth-order valence-corrected chi connectivity index (χ4v) is 4.27. The first kappa shape index (κ1) is 17.4. The number of hydrogen-bond acceptors (Lipinski definition) is 4. The molecule has 6 heteroatoms. The Balaban J connectivity index is 1.31. The Bertz CT molecular complexity index is 852. The maximum absolute atomic E-state index is 5.59. The van der Waals surface area contributed by atoms with Crippen LogP contribution in [0.25, 0.3) is 10.2 Å². The highest BCUT2D eigenvalue weighted by Gasteiger charge is 2.15. The number of thiazole rings is 1. The number of hydrogen-bond donors (Lipinski definition) is 2. The van der Waals surface area contributed by atoms with Gasteiger partial charge in [-0.3, -0.25) is 0 Å². The van der Waals surface area contributed by atoms with Crippen molar-refractivity contribution < 1.29 is 4.74 Å². The van der Waals surface area contributed by atoms with Gasteiger partial charge in [0, 0.05) is 25.3 Å². The summed E-state index contributed by atoms with van der Waals surface area (Å²) >= 11 is 7.12. The SMILES string of the molecule is S=C(NCC1CCCO1)Nc1ccc(Cc2nc3ccccc3s2)cc1. The van der Waals surface area contributed by atoms with Crippen LogP contribution in [0.3, 0.4) is 0 Å². The smallest absolute Gasteiger partial charge is 0.170 e. The van der Waals surface area contributed by atoms with E-state index in [0.717, 1.165) is 48.6 Å². The van der Waals surface area contributed by atoms with Gasteiger partial charge >= 0.3 is 0 Å². The van der Waals surface area contributed by atoms with E-state index in [4.69, 9.17) is 21.9 Å². The Kier molecular flexibility index (Phi) is 5.43. The third-order valence-corrected chi connectivity index (χ3v) is 5.70. The van der Waals surface area contributed by atoms with Gasteiger partial charge in [0.15, 0.2) is 5.11 Å². The van der Waals surface area contributed by atoms with Gasteiger partial charge in [0.05, 0.1) is 21.3 Å². The Labute approximate surface area is 162 Å². The van der Waals surface area contributed by atoms with Crippen LogP contribution >= 0.6 is 23.6 Å². The van der Waals surface area contributed by atoms with Crippen molar-refractivity contribution in [3.05, 3.63) is 59.1 Å². The van der Waals surface area contributed by atoms with Crippen LogP contribution in [0.15, 0.2) is 48.5 Å². The largest absolute Gasteiger partial charge is 0.376 e. The number of thiocarbonyl (C=S) groups is 1. The monoisotopic (exact) mass is 383 g/mol. The molecule has 0 aliphatic carbocycles. The third kappa shape index (κ3) is 4.38. The molecule has 1 unspecified atom stereocenters. The summed E-state index contributed by atoms with van der Waals surface area (Å²) in [6, 6.07) is 16.6. The molecule has 4 nitrogen and oxygen atoms in total. The lowest BCUT2D eigenvalue weighted by atomic mass is 10.1. The Morgan fingerprint density at radius 1 is 1.19 bits per heavy atom. The number of anilines is 1. The van der Waals surface area contributed by atoms with E-state index in [0.29, 0.717) is 5.11 Å². The van der Waals surface area contributed by atoms with Crippen LogP contribution in [0, 0.1) is 0 Å². The predicted octanol–water partition coefficient (Wildman–Crippen LogP) is 4.35. The lowest BCUT2D eigenvalue weighted by Gasteiger charge is -2.14. The minimum Gasteiger partial charge on any atom is -0.376 e. The molecule has 4 rings (SSSR count). The zero-order valence-electron chi connectivity index (χ0n) is 14.4. The summed E-state index contributed by atoms with van der Waals surface area (Å²) in [5.41, 5.74) is 3.31. The van der Waals surface area contributed by atoms with Crippen molar-refractivity contribution in [3.63, 3.8) is 0 Å². The first-order valence-corrected chi connectivity index (χ1v) is 10.1. The molecule has 1 atom stereocenters. The molecule has 1 aliphatic heterocycles. The van der Waals surface area contributed by atoms with Crippen molar-refractivity contribution in [1.29, 1.82) is 0 Å². The Morgan fingerprint density at radius 3 is 2.81 bits per heavy atom. The summed E-state index contributed by atoms with van der Waals surface area (Å²) in [6.45, 7) is 1.63. The van der Waals surface area contributed by atoms with E-state index < -0.39 is 0 Å². The molecule has 2 N–H and O–H groups in total. The molecule has 2 heterocycles. The van der Waals surface area contributed by atoms with Crippen molar-refractivity contribution in [2.24, 2.45) is 0 Å². The van der Waals surface area contributed by atoms with Crippen molar-refractivity contribution in [1.82, 2.24) is 10.3 Å². The van der Waals surface area contributed by atoms with Gasteiger partial charge in [0.25, 0.3) is 0 Å². The number of fused-ring (bicyclic) bond motifs is 1.